The molecule has 0 spiro atoms. The molecule has 0 aromatic heterocycles. The highest BCUT2D eigenvalue weighted by atomic mass is 79.9. The number of benzene rings is 1. The summed E-state index contributed by atoms with van der Waals surface area (Å²) in [7, 11) is 1.85. The van der Waals surface area contributed by atoms with Gasteiger partial charge in [-0.25, -0.2) is 0 Å². The maximum Gasteiger partial charge on any atom is 0.311 e. The van der Waals surface area contributed by atoms with Gasteiger partial charge in [-0.05, 0) is 51.9 Å². The highest BCUT2D eigenvalue weighted by Gasteiger charge is 2.24. The summed E-state index contributed by atoms with van der Waals surface area (Å²) in [6.45, 7) is 6.29. The summed E-state index contributed by atoms with van der Waals surface area (Å²) in [4.78, 5) is 12.1. The molecular formula is C15H23BrClNO2. The van der Waals surface area contributed by atoms with E-state index in [0.717, 1.165) is 10.0 Å². The number of hydrogen-bond donors (Lipinski definition) is 1. The summed E-state index contributed by atoms with van der Waals surface area (Å²) >= 11 is 3.41. The molecule has 5 heteroatoms. The maximum absolute atomic E-state index is 12.1. The number of hydrogen-bond acceptors (Lipinski definition) is 3. The number of ether oxygens (including phenoxy) is 1. The van der Waals surface area contributed by atoms with E-state index in [1.807, 2.05) is 52.1 Å². The molecule has 20 heavy (non-hydrogen) atoms. The van der Waals surface area contributed by atoms with Gasteiger partial charge in [-0.15, -0.1) is 12.4 Å². The molecule has 1 atom stereocenters. The molecule has 0 heterocycles. The minimum Gasteiger partial charge on any atom is -0.460 e. The number of halogens is 2. The van der Waals surface area contributed by atoms with Crippen LogP contribution >= 0.6 is 28.3 Å². The first-order valence-corrected chi connectivity index (χ1v) is 7.23. The van der Waals surface area contributed by atoms with Gasteiger partial charge in [-0.3, -0.25) is 4.79 Å². The lowest BCUT2D eigenvalue weighted by Gasteiger charge is -2.24. The van der Waals surface area contributed by atoms with Crippen molar-refractivity contribution in [3.05, 3.63) is 34.3 Å². The molecule has 0 amide bonds. The molecule has 1 rings (SSSR count). The van der Waals surface area contributed by atoms with Crippen molar-refractivity contribution < 1.29 is 9.53 Å². The van der Waals surface area contributed by atoms with Crippen LogP contribution in [0.5, 0.6) is 0 Å². The highest BCUT2D eigenvalue weighted by Crippen LogP contribution is 2.17. The quantitative estimate of drug-likeness (QED) is 0.811. The van der Waals surface area contributed by atoms with Gasteiger partial charge in [0.05, 0.1) is 5.92 Å². The van der Waals surface area contributed by atoms with E-state index in [9.17, 15) is 4.79 Å². The minimum absolute atomic E-state index is 0. The summed E-state index contributed by atoms with van der Waals surface area (Å²) < 4.78 is 6.50. The second kappa shape index (κ2) is 8.65. The van der Waals surface area contributed by atoms with E-state index in [4.69, 9.17) is 4.74 Å². The van der Waals surface area contributed by atoms with Crippen molar-refractivity contribution in [1.29, 1.82) is 0 Å². The van der Waals surface area contributed by atoms with Crippen LogP contribution in [0.25, 0.3) is 0 Å². The third-order valence-electron chi connectivity index (χ3n) is 2.59. The van der Waals surface area contributed by atoms with Crippen molar-refractivity contribution in [3.8, 4) is 0 Å². The van der Waals surface area contributed by atoms with Crippen LogP contribution in [0.4, 0.5) is 0 Å². The van der Waals surface area contributed by atoms with Crippen molar-refractivity contribution in [1.82, 2.24) is 5.32 Å². The molecule has 114 valence electrons. The number of nitrogens with one attached hydrogen (secondary N) is 1. The van der Waals surface area contributed by atoms with Gasteiger partial charge in [0, 0.05) is 11.0 Å². The Bertz CT molecular complexity index is 415. The van der Waals surface area contributed by atoms with Crippen molar-refractivity contribution in [2.45, 2.75) is 32.8 Å². The second-order valence-corrected chi connectivity index (χ2v) is 6.53. The van der Waals surface area contributed by atoms with Gasteiger partial charge in [-0.1, -0.05) is 28.1 Å². The largest absolute Gasteiger partial charge is 0.460 e. The van der Waals surface area contributed by atoms with Crippen LogP contribution < -0.4 is 5.32 Å². The van der Waals surface area contributed by atoms with Crippen LogP contribution in [0.2, 0.25) is 0 Å². The topological polar surface area (TPSA) is 38.3 Å². The third kappa shape index (κ3) is 7.27. The average molecular weight is 365 g/mol. The van der Waals surface area contributed by atoms with Crippen LogP contribution in [0.15, 0.2) is 28.7 Å². The number of carbonyl (C=O) groups is 1. The van der Waals surface area contributed by atoms with Gasteiger partial charge in [0.15, 0.2) is 0 Å². The molecule has 0 saturated heterocycles. The summed E-state index contributed by atoms with van der Waals surface area (Å²) in [5.41, 5.74) is 0.692. The zero-order valence-electron chi connectivity index (χ0n) is 12.4. The molecular weight excluding hydrogens is 342 g/mol. The lowest BCUT2D eigenvalue weighted by molar-refractivity contribution is -0.159. The summed E-state index contributed by atoms with van der Waals surface area (Å²) in [6.07, 6.45) is 0.684. The van der Waals surface area contributed by atoms with E-state index < -0.39 is 5.60 Å². The van der Waals surface area contributed by atoms with Gasteiger partial charge in [-0.2, -0.15) is 0 Å². The predicted octanol–water partition coefficient (Wildman–Crippen LogP) is 3.59. The van der Waals surface area contributed by atoms with E-state index >= 15 is 0 Å². The highest BCUT2D eigenvalue weighted by molar-refractivity contribution is 9.10. The van der Waals surface area contributed by atoms with Gasteiger partial charge in [0.25, 0.3) is 0 Å². The lowest BCUT2D eigenvalue weighted by Crippen LogP contribution is -2.34. The molecule has 0 radical (unpaired) electrons. The van der Waals surface area contributed by atoms with Gasteiger partial charge in [0.1, 0.15) is 5.60 Å². The summed E-state index contributed by atoms with van der Waals surface area (Å²) in [6, 6.07) is 8.02. The van der Waals surface area contributed by atoms with Crippen LogP contribution in [-0.2, 0) is 16.0 Å². The fraction of sp³-hybridized carbons (Fsp3) is 0.533. The van der Waals surface area contributed by atoms with E-state index in [-0.39, 0.29) is 24.3 Å². The number of esters is 1. The normalized spacial score (nSPS) is 12.4. The first kappa shape index (κ1) is 19.4. The molecule has 1 N–H and O–H groups in total. The smallest absolute Gasteiger partial charge is 0.311 e. The van der Waals surface area contributed by atoms with Gasteiger partial charge >= 0.3 is 5.97 Å². The van der Waals surface area contributed by atoms with E-state index in [0.29, 0.717) is 13.0 Å². The van der Waals surface area contributed by atoms with E-state index in [1.165, 1.54) is 0 Å². The van der Waals surface area contributed by atoms with E-state index in [2.05, 4.69) is 21.2 Å². The Kier molecular flexibility index (Phi) is 8.40. The fourth-order valence-corrected chi connectivity index (χ4v) is 2.04. The standard InChI is InChI=1S/C15H22BrNO2.ClH/c1-15(2,3)19-14(18)12(10-17-4)9-11-5-7-13(16)8-6-11;/h5-8,12,17H,9-10H2,1-4H3;1H. The Hall–Kier alpha value is -0.580. The van der Waals surface area contributed by atoms with Crippen LogP contribution in [0, 0.1) is 5.92 Å². The molecule has 1 aromatic rings. The minimum atomic E-state index is -0.442. The Balaban J connectivity index is 0.00000361. The molecule has 0 aliphatic carbocycles. The number of rotatable bonds is 5. The Morgan fingerprint density at radius 1 is 1.30 bits per heavy atom. The van der Waals surface area contributed by atoms with E-state index in [1.54, 1.807) is 0 Å². The van der Waals surface area contributed by atoms with Gasteiger partial charge in [0.2, 0.25) is 0 Å². The maximum atomic E-state index is 12.1. The third-order valence-corrected chi connectivity index (χ3v) is 3.11. The predicted molar refractivity (Wildman–Crippen MR) is 88.4 cm³/mol. The molecule has 1 aromatic carbocycles. The zero-order valence-corrected chi connectivity index (χ0v) is 14.8. The zero-order chi connectivity index (χ0) is 14.5. The van der Waals surface area contributed by atoms with Crippen molar-refractivity contribution in [3.63, 3.8) is 0 Å². The Morgan fingerprint density at radius 2 is 1.85 bits per heavy atom. The SMILES string of the molecule is CNCC(Cc1ccc(Br)cc1)C(=O)OC(C)(C)C.Cl. The van der Waals surface area contributed by atoms with Crippen molar-refractivity contribution >= 4 is 34.3 Å². The van der Waals surface area contributed by atoms with Crippen LogP contribution in [0.1, 0.15) is 26.3 Å². The molecule has 0 aliphatic heterocycles. The molecule has 0 fully saturated rings. The Morgan fingerprint density at radius 3 is 2.30 bits per heavy atom. The molecule has 0 aliphatic rings. The summed E-state index contributed by atoms with van der Waals surface area (Å²) in [5.74, 6) is -0.310. The Labute approximate surface area is 136 Å². The molecule has 0 bridgehead atoms. The molecule has 1 unspecified atom stereocenters. The van der Waals surface area contributed by atoms with Crippen LogP contribution in [0.3, 0.4) is 0 Å². The van der Waals surface area contributed by atoms with Crippen LogP contribution in [-0.4, -0.2) is 25.2 Å². The van der Waals surface area contributed by atoms with Crippen molar-refractivity contribution in [2.24, 2.45) is 5.92 Å². The molecule has 3 nitrogen and oxygen atoms in total. The summed E-state index contributed by atoms with van der Waals surface area (Å²) in [5, 5.41) is 3.06. The molecule has 0 saturated carbocycles. The van der Waals surface area contributed by atoms with Crippen molar-refractivity contribution in [2.75, 3.05) is 13.6 Å². The number of carbonyl (C=O) groups excluding carboxylic acids is 1. The lowest BCUT2D eigenvalue weighted by atomic mass is 9.99. The fourth-order valence-electron chi connectivity index (χ4n) is 1.78. The first-order chi connectivity index (χ1) is 8.81. The average Bonchev–Trinajstić information content (AvgIpc) is 2.29. The second-order valence-electron chi connectivity index (χ2n) is 5.62. The first-order valence-electron chi connectivity index (χ1n) is 6.44. The van der Waals surface area contributed by atoms with Gasteiger partial charge < -0.3 is 10.1 Å². The monoisotopic (exact) mass is 363 g/mol.